The van der Waals surface area contributed by atoms with Gasteiger partial charge in [0.25, 0.3) is 5.91 Å². The van der Waals surface area contributed by atoms with Crippen LogP contribution in [0.1, 0.15) is 32.6 Å². The van der Waals surface area contributed by atoms with Crippen molar-refractivity contribution in [2.45, 2.75) is 36.9 Å². The average molecular weight is 551 g/mol. The summed E-state index contributed by atoms with van der Waals surface area (Å²) in [5.74, 6) is -0.395. The fourth-order valence-corrected chi connectivity index (χ4v) is 6.06. The number of hydrogen-bond acceptors (Lipinski definition) is 3. The molecule has 39 heavy (non-hydrogen) atoms. The normalized spacial score (nSPS) is 15.1. The molecule has 1 amide bonds. The van der Waals surface area contributed by atoms with E-state index >= 15 is 0 Å². The molecule has 0 fully saturated rings. The molecule has 0 aliphatic heterocycles. The smallest absolute Gasteiger partial charge is 0.322 e. The van der Waals surface area contributed by atoms with Crippen molar-refractivity contribution in [2.75, 3.05) is 5.32 Å². The van der Waals surface area contributed by atoms with Gasteiger partial charge < -0.3 is 5.32 Å². The lowest BCUT2D eigenvalue weighted by molar-refractivity contribution is -0.137. The average Bonchev–Trinajstić information content (AvgIpc) is 3.29. The molecule has 0 saturated carbocycles. The Hall–Kier alpha value is -3.95. The fourth-order valence-electron chi connectivity index (χ4n) is 4.80. The summed E-state index contributed by atoms with van der Waals surface area (Å²) < 4.78 is 67.2. The summed E-state index contributed by atoms with van der Waals surface area (Å²) >= 11 is 0. The van der Waals surface area contributed by atoms with E-state index in [1.165, 1.54) is 12.1 Å². The number of nitrogens with one attached hydrogen (secondary N) is 2. The number of carbonyl (C=O) groups excluding carboxylic acids is 1. The minimum absolute atomic E-state index is 0.205. The Kier molecular flexibility index (Phi) is 7.05. The molecule has 9 heteroatoms. The van der Waals surface area contributed by atoms with Gasteiger partial charge in [-0.3, -0.25) is 4.79 Å². The molecule has 1 aliphatic carbocycles. The van der Waals surface area contributed by atoms with E-state index in [0.717, 1.165) is 28.8 Å². The number of alkyl halides is 3. The van der Waals surface area contributed by atoms with Crippen molar-refractivity contribution >= 4 is 21.6 Å². The SMILES string of the molecule is Cc1ccc(-c2ccc(C(F)(F)F)cc2)c(C(=O)Nc2ccc3c(c2)CC(NS(=O)(=O)c2ccccc2)C3)c1. The maximum Gasteiger partial charge on any atom is 0.416 e. The maximum atomic E-state index is 13.3. The van der Waals surface area contributed by atoms with E-state index in [0.29, 0.717) is 35.2 Å². The summed E-state index contributed by atoms with van der Waals surface area (Å²) in [6.07, 6.45) is -3.43. The minimum atomic E-state index is -4.44. The second kappa shape index (κ2) is 10.3. The van der Waals surface area contributed by atoms with Gasteiger partial charge in [0.1, 0.15) is 0 Å². The molecule has 5 rings (SSSR count). The molecule has 0 saturated heterocycles. The molecule has 0 aromatic heterocycles. The number of sulfonamides is 1. The highest BCUT2D eigenvalue weighted by atomic mass is 32.2. The number of carbonyl (C=O) groups is 1. The van der Waals surface area contributed by atoms with Crippen LogP contribution in [-0.4, -0.2) is 20.4 Å². The first kappa shape index (κ1) is 26.6. The zero-order valence-corrected chi connectivity index (χ0v) is 21.7. The number of rotatable bonds is 6. The second-order valence-corrected chi connectivity index (χ2v) is 11.3. The van der Waals surface area contributed by atoms with E-state index in [2.05, 4.69) is 10.0 Å². The number of fused-ring (bicyclic) bond motifs is 1. The van der Waals surface area contributed by atoms with Crippen molar-refractivity contribution in [3.8, 4) is 11.1 Å². The topological polar surface area (TPSA) is 75.3 Å². The Labute approximate surface area is 224 Å². The van der Waals surface area contributed by atoms with Crippen molar-refractivity contribution in [3.63, 3.8) is 0 Å². The third-order valence-electron chi connectivity index (χ3n) is 6.72. The quantitative estimate of drug-likeness (QED) is 0.293. The molecule has 200 valence electrons. The molecule has 1 atom stereocenters. The van der Waals surface area contributed by atoms with Gasteiger partial charge in [-0.15, -0.1) is 0 Å². The van der Waals surface area contributed by atoms with Crippen molar-refractivity contribution in [2.24, 2.45) is 0 Å². The van der Waals surface area contributed by atoms with Crippen LogP contribution in [0, 0.1) is 6.92 Å². The fraction of sp³-hybridized carbons (Fsp3) is 0.167. The van der Waals surface area contributed by atoms with Crippen LogP contribution in [-0.2, 0) is 29.0 Å². The molecule has 0 bridgehead atoms. The first-order valence-corrected chi connectivity index (χ1v) is 13.8. The number of benzene rings is 4. The van der Waals surface area contributed by atoms with Gasteiger partial charge in [-0.1, -0.05) is 54.1 Å². The lowest BCUT2D eigenvalue weighted by Gasteiger charge is -2.13. The molecule has 4 aromatic carbocycles. The number of anilines is 1. The van der Waals surface area contributed by atoms with Crippen LogP contribution in [0.4, 0.5) is 18.9 Å². The predicted octanol–water partition coefficient (Wildman–Crippen LogP) is 6.38. The Morgan fingerprint density at radius 3 is 2.23 bits per heavy atom. The van der Waals surface area contributed by atoms with Gasteiger partial charge in [0.05, 0.1) is 10.5 Å². The molecule has 1 unspecified atom stereocenters. The number of aryl methyl sites for hydroxylation is 1. The van der Waals surface area contributed by atoms with Crippen LogP contribution in [0.2, 0.25) is 0 Å². The van der Waals surface area contributed by atoms with Gasteiger partial charge in [0.15, 0.2) is 0 Å². The van der Waals surface area contributed by atoms with Crippen molar-refractivity contribution in [1.82, 2.24) is 4.72 Å². The summed E-state index contributed by atoms with van der Waals surface area (Å²) in [6, 6.07) is 23.3. The number of amides is 1. The van der Waals surface area contributed by atoms with Crippen LogP contribution >= 0.6 is 0 Å². The second-order valence-electron chi connectivity index (χ2n) is 9.60. The molecule has 4 aromatic rings. The molecule has 2 N–H and O–H groups in total. The molecule has 0 radical (unpaired) electrons. The summed E-state index contributed by atoms with van der Waals surface area (Å²) in [7, 11) is -3.65. The Bertz CT molecular complexity index is 1630. The largest absolute Gasteiger partial charge is 0.416 e. The Morgan fingerprint density at radius 1 is 0.846 bits per heavy atom. The molecule has 0 spiro atoms. The zero-order chi connectivity index (χ0) is 27.8. The van der Waals surface area contributed by atoms with E-state index in [4.69, 9.17) is 0 Å². The Balaban J connectivity index is 1.33. The van der Waals surface area contributed by atoms with Crippen LogP contribution in [0.25, 0.3) is 11.1 Å². The van der Waals surface area contributed by atoms with Crippen molar-refractivity contribution in [3.05, 3.63) is 119 Å². The highest BCUT2D eigenvalue weighted by Gasteiger charge is 2.30. The van der Waals surface area contributed by atoms with Gasteiger partial charge in [-0.05, 0) is 84.5 Å². The van der Waals surface area contributed by atoms with Crippen LogP contribution in [0.15, 0.2) is 95.9 Å². The highest BCUT2D eigenvalue weighted by molar-refractivity contribution is 7.89. The molecule has 1 aliphatic rings. The van der Waals surface area contributed by atoms with E-state index in [-0.39, 0.29) is 10.9 Å². The summed E-state index contributed by atoms with van der Waals surface area (Å²) in [4.78, 5) is 13.5. The number of halogens is 3. The Morgan fingerprint density at radius 2 is 1.54 bits per heavy atom. The summed E-state index contributed by atoms with van der Waals surface area (Å²) in [5.41, 5.74) is 3.90. The minimum Gasteiger partial charge on any atom is -0.322 e. The van der Waals surface area contributed by atoms with Gasteiger partial charge >= 0.3 is 6.18 Å². The van der Waals surface area contributed by atoms with E-state index in [1.54, 1.807) is 54.6 Å². The predicted molar refractivity (Wildman–Crippen MR) is 144 cm³/mol. The first-order valence-electron chi connectivity index (χ1n) is 12.3. The van der Waals surface area contributed by atoms with E-state index in [1.807, 2.05) is 19.1 Å². The van der Waals surface area contributed by atoms with E-state index < -0.39 is 27.7 Å². The van der Waals surface area contributed by atoms with Gasteiger partial charge in [0.2, 0.25) is 10.0 Å². The first-order chi connectivity index (χ1) is 18.5. The highest BCUT2D eigenvalue weighted by Crippen LogP contribution is 2.33. The molecular weight excluding hydrogens is 525 g/mol. The van der Waals surface area contributed by atoms with Crippen molar-refractivity contribution < 1.29 is 26.4 Å². The maximum absolute atomic E-state index is 13.3. The molecule has 0 heterocycles. The van der Waals surface area contributed by atoms with Gasteiger partial charge in [-0.2, -0.15) is 13.2 Å². The molecule has 5 nitrogen and oxygen atoms in total. The van der Waals surface area contributed by atoms with Crippen LogP contribution in [0.3, 0.4) is 0 Å². The van der Waals surface area contributed by atoms with Gasteiger partial charge in [0, 0.05) is 17.3 Å². The summed E-state index contributed by atoms with van der Waals surface area (Å²) in [5, 5.41) is 2.89. The monoisotopic (exact) mass is 550 g/mol. The van der Waals surface area contributed by atoms with Crippen LogP contribution < -0.4 is 10.0 Å². The molecular formula is C30H25F3N2O3S. The zero-order valence-electron chi connectivity index (χ0n) is 20.9. The van der Waals surface area contributed by atoms with E-state index in [9.17, 15) is 26.4 Å². The standard InChI is InChI=1S/C30H25F3N2O3S/c1-19-7-14-27(20-8-11-23(12-9-20)30(31,32)33)28(15-19)29(36)34-24-13-10-21-16-25(18-22(21)17-24)35-39(37,38)26-5-3-2-4-6-26/h2-15,17,25,35H,16,18H2,1H3,(H,34,36). The van der Waals surface area contributed by atoms with Gasteiger partial charge in [-0.25, -0.2) is 13.1 Å². The van der Waals surface area contributed by atoms with Crippen LogP contribution in [0.5, 0.6) is 0 Å². The van der Waals surface area contributed by atoms with Crippen molar-refractivity contribution in [1.29, 1.82) is 0 Å². The third kappa shape index (κ3) is 5.89. The lowest BCUT2D eigenvalue weighted by Crippen LogP contribution is -2.35. The lowest BCUT2D eigenvalue weighted by atomic mass is 9.96. The third-order valence-corrected chi connectivity index (χ3v) is 8.25. The number of hydrogen-bond donors (Lipinski definition) is 2. The summed E-state index contributed by atoms with van der Waals surface area (Å²) in [6.45, 7) is 1.83.